The van der Waals surface area contributed by atoms with Crippen LogP contribution in [0.3, 0.4) is 0 Å². The molecule has 0 aromatic heterocycles. The Hall–Kier alpha value is 0.130. The summed E-state index contributed by atoms with van der Waals surface area (Å²) in [6.07, 6.45) is 21.0. The number of alkyl halides is 3. The van der Waals surface area contributed by atoms with Crippen LogP contribution in [0.5, 0.6) is 0 Å². The molecule has 0 N–H and O–H groups in total. The highest BCUT2D eigenvalue weighted by atomic mass is 32.2. The molecule has 8 heteroatoms. The van der Waals surface area contributed by atoms with Crippen molar-refractivity contribution in [3.05, 3.63) is 0 Å². The molecule has 0 saturated carbocycles. The fourth-order valence-electron chi connectivity index (χ4n) is 3.03. The van der Waals surface area contributed by atoms with Crippen LogP contribution in [0.15, 0.2) is 0 Å². The molecule has 0 heterocycles. The first-order valence-corrected chi connectivity index (χ1v) is 14.3. The van der Waals surface area contributed by atoms with Crippen molar-refractivity contribution in [3.63, 3.8) is 0 Å². The van der Waals surface area contributed by atoms with E-state index in [1.54, 1.807) is 24.6 Å². The Labute approximate surface area is 166 Å². The average Bonchev–Trinajstić information content (AvgIpc) is 2.58. The first kappa shape index (κ1) is 29.3. The van der Waals surface area contributed by atoms with Crippen LogP contribution in [-0.4, -0.2) is 43.1 Å². The molecule has 0 bridgehead atoms. The lowest BCUT2D eigenvalue weighted by Crippen LogP contribution is -2.21. The van der Waals surface area contributed by atoms with Gasteiger partial charge in [0.1, 0.15) is 0 Å². The van der Waals surface area contributed by atoms with Crippen molar-refractivity contribution in [2.24, 2.45) is 0 Å². The summed E-state index contributed by atoms with van der Waals surface area (Å²) in [5, 5.41) is 0. The molecule has 3 nitrogen and oxygen atoms in total. The molecule has 0 rings (SSSR count). The molecule has 0 unspecified atom stereocenters. The minimum atomic E-state index is -6.09. The van der Waals surface area contributed by atoms with Gasteiger partial charge in [0.25, 0.3) is 0 Å². The molecular formula is C19H40F3O3PS. The maximum Gasteiger partial charge on any atom is 0.485 e. The van der Waals surface area contributed by atoms with Gasteiger partial charge in [-0.3, -0.25) is 0 Å². The fourth-order valence-corrected chi connectivity index (χ4v) is 8.22. The van der Waals surface area contributed by atoms with Crippen molar-refractivity contribution in [2.45, 2.75) is 97.4 Å². The Balaban J connectivity index is 0. The molecule has 0 aliphatic heterocycles. The molecule has 0 atom stereocenters. The smallest absolute Gasteiger partial charge is 0.485 e. The van der Waals surface area contributed by atoms with Crippen molar-refractivity contribution < 1.29 is 26.1 Å². The second-order valence-corrected chi connectivity index (χ2v) is 13.1. The molecule has 0 fully saturated rings. The summed E-state index contributed by atoms with van der Waals surface area (Å²) in [6.45, 7) is 9.43. The Morgan fingerprint density at radius 1 is 0.667 bits per heavy atom. The topological polar surface area (TPSA) is 57.2 Å². The zero-order valence-electron chi connectivity index (χ0n) is 17.6. The summed E-state index contributed by atoms with van der Waals surface area (Å²) in [5.41, 5.74) is -5.65. The lowest BCUT2D eigenvalue weighted by atomic mass is 10.2. The molecule has 0 amide bonds. The summed E-state index contributed by atoms with van der Waals surface area (Å²) >= 11 is 0. The van der Waals surface area contributed by atoms with Crippen LogP contribution in [-0.2, 0) is 10.1 Å². The molecule has 0 spiro atoms. The number of rotatable bonds is 14. The van der Waals surface area contributed by atoms with Gasteiger partial charge < -0.3 is 4.55 Å². The van der Waals surface area contributed by atoms with Gasteiger partial charge in [-0.05, 0) is 32.1 Å². The summed E-state index contributed by atoms with van der Waals surface area (Å²) in [6, 6.07) is 0. The normalized spacial score (nSPS) is 12.6. The maximum absolute atomic E-state index is 10.7. The number of halogens is 3. The maximum atomic E-state index is 10.7. The summed E-state index contributed by atoms with van der Waals surface area (Å²) in [4.78, 5) is 0. The van der Waals surface area contributed by atoms with Gasteiger partial charge in [-0.1, -0.05) is 59.8 Å². The largest absolute Gasteiger partial charge is 0.741 e. The second-order valence-electron chi connectivity index (χ2n) is 7.26. The van der Waals surface area contributed by atoms with Crippen molar-refractivity contribution >= 4 is 17.4 Å². The Kier molecular flexibility index (Phi) is 17.4. The number of unbranched alkanes of at least 4 members (excludes halogenated alkanes) is 6. The quantitative estimate of drug-likeness (QED) is 0.127. The van der Waals surface area contributed by atoms with Crippen LogP contribution >= 0.6 is 7.26 Å². The van der Waals surface area contributed by atoms with E-state index < -0.39 is 22.9 Å². The van der Waals surface area contributed by atoms with Crippen LogP contribution in [0.25, 0.3) is 0 Å². The highest BCUT2D eigenvalue weighted by Crippen LogP contribution is 2.61. The molecular weight excluding hydrogens is 396 g/mol. The van der Waals surface area contributed by atoms with Crippen LogP contribution in [0.2, 0.25) is 0 Å². The van der Waals surface area contributed by atoms with E-state index in [1.165, 1.54) is 64.2 Å². The molecule has 0 aromatic carbocycles. The van der Waals surface area contributed by atoms with E-state index in [9.17, 15) is 13.2 Å². The Bertz CT molecular complexity index is 418. The van der Waals surface area contributed by atoms with E-state index in [2.05, 4.69) is 27.7 Å². The highest BCUT2D eigenvalue weighted by molar-refractivity contribution is 7.86. The predicted molar refractivity (Wildman–Crippen MR) is 111 cm³/mol. The van der Waals surface area contributed by atoms with Crippen LogP contribution < -0.4 is 0 Å². The van der Waals surface area contributed by atoms with E-state index in [-0.39, 0.29) is 0 Å². The van der Waals surface area contributed by atoms with E-state index in [0.29, 0.717) is 0 Å². The first-order chi connectivity index (χ1) is 12.5. The molecule has 0 saturated heterocycles. The van der Waals surface area contributed by atoms with Gasteiger partial charge in [0, 0.05) is 7.26 Å². The van der Waals surface area contributed by atoms with E-state index in [1.807, 2.05) is 0 Å². The van der Waals surface area contributed by atoms with Gasteiger partial charge >= 0.3 is 5.51 Å². The van der Waals surface area contributed by atoms with E-state index in [4.69, 9.17) is 13.0 Å². The van der Waals surface area contributed by atoms with Gasteiger partial charge in [-0.15, -0.1) is 0 Å². The summed E-state index contributed by atoms with van der Waals surface area (Å²) in [7, 11) is -6.68. The first-order valence-electron chi connectivity index (χ1n) is 10.4. The zero-order valence-corrected chi connectivity index (χ0v) is 19.3. The fraction of sp³-hybridized carbons (Fsp3) is 1.00. The van der Waals surface area contributed by atoms with Crippen LogP contribution in [0.4, 0.5) is 13.2 Å². The predicted octanol–water partition coefficient (Wildman–Crippen LogP) is 7.04. The minimum Gasteiger partial charge on any atom is -0.741 e. The van der Waals surface area contributed by atoms with Gasteiger partial charge in [0.05, 0.1) is 24.6 Å². The minimum absolute atomic E-state index is 0.586. The SMILES string of the molecule is CCCCCC[P+](CCCC)(CCCC)CCCC.O=S(=O)([O-])C(F)(F)F. The Morgan fingerprint density at radius 3 is 1.22 bits per heavy atom. The van der Waals surface area contributed by atoms with Gasteiger partial charge in [0.2, 0.25) is 0 Å². The average molecular weight is 437 g/mol. The van der Waals surface area contributed by atoms with E-state index in [0.717, 1.165) is 0 Å². The van der Waals surface area contributed by atoms with Crippen molar-refractivity contribution in [1.29, 1.82) is 0 Å². The zero-order chi connectivity index (χ0) is 21.4. The molecule has 0 aromatic rings. The van der Waals surface area contributed by atoms with Crippen LogP contribution in [0.1, 0.15) is 91.9 Å². The molecule has 0 aliphatic rings. The third-order valence-corrected chi connectivity index (χ3v) is 10.4. The summed E-state index contributed by atoms with van der Waals surface area (Å²) in [5.74, 6) is 0. The second kappa shape index (κ2) is 16.0. The lowest BCUT2D eigenvalue weighted by molar-refractivity contribution is -0.0517. The Morgan fingerprint density at radius 2 is 0.963 bits per heavy atom. The highest BCUT2D eigenvalue weighted by Gasteiger charge is 2.37. The van der Waals surface area contributed by atoms with Gasteiger partial charge in [0.15, 0.2) is 10.1 Å². The van der Waals surface area contributed by atoms with Gasteiger partial charge in [-0.2, -0.15) is 13.2 Å². The standard InChI is InChI=1S/C18H40P.CHF3O3S/c1-5-9-13-14-18-19(15-10-6-2,16-11-7-3)17-12-8-4;2-1(3,4)8(5,6)7/h5-18H2,1-4H3;(H,5,6,7)/q+1;/p-1. The number of hydrogen-bond donors (Lipinski definition) is 0. The lowest BCUT2D eigenvalue weighted by Gasteiger charge is -2.28. The molecule has 0 radical (unpaired) electrons. The third kappa shape index (κ3) is 15.7. The van der Waals surface area contributed by atoms with Crippen molar-refractivity contribution in [3.8, 4) is 0 Å². The van der Waals surface area contributed by atoms with Gasteiger partial charge in [-0.25, -0.2) is 8.42 Å². The third-order valence-electron chi connectivity index (χ3n) is 4.73. The number of hydrogen-bond acceptors (Lipinski definition) is 3. The van der Waals surface area contributed by atoms with Crippen LogP contribution in [0, 0.1) is 0 Å². The molecule has 166 valence electrons. The van der Waals surface area contributed by atoms with Crippen molar-refractivity contribution in [1.82, 2.24) is 0 Å². The monoisotopic (exact) mass is 436 g/mol. The molecule has 0 aliphatic carbocycles. The summed E-state index contributed by atoms with van der Waals surface area (Å²) < 4.78 is 58.9. The van der Waals surface area contributed by atoms with E-state index >= 15 is 0 Å². The molecule has 27 heavy (non-hydrogen) atoms. The van der Waals surface area contributed by atoms with Crippen molar-refractivity contribution in [2.75, 3.05) is 24.6 Å².